The van der Waals surface area contributed by atoms with Gasteiger partial charge in [-0.1, -0.05) is 43.3 Å². The van der Waals surface area contributed by atoms with Crippen molar-refractivity contribution in [1.82, 2.24) is 35.2 Å². The minimum Gasteiger partial charge on any atom is -0.308 e. The van der Waals surface area contributed by atoms with Crippen molar-refractivity contribution in [1.29, 1.82) is 0 Å². The Morgan fingerprint density at radius 1 is 0.973 bits per heavy atom. The van der Waals surface area contributed by atoms with Crippen molar-refractivity contribution in [3.63, 3.8) is 0 Å². The molecule has 0 aliphatic carbocycles. The smallest absolute Gasteiger partial charge is 0.308 e. The molecule has 0 aliphatic rings. The first-order valence-electron chi connectivity index (χ1n) is 11.8. The number of nitrogens with one attached hydrogen (secondary N) is 1. The van der Waals surface area contributed by atoms with Crippen LogP contribution in [0.3, 0.4) is 0 Å². The van der Waals surface area contributed by atoms with Crippen molar-refractivity contribution < 1.29 is 13.2 Å². The molecule has 0 amide bonds. The van der Waals surface area contributed by atoms with E-state index in [1.165, 1.54) is 12.1 Å². The van der Waals surface area contributed by atoms with Gasteiger partial charge in [-0.05, 0) is 71.2 Å². The predicted molar refractivity (Wildman–Crippen MR) is 135 cm³/mol. The molecule has 5 aromatic rings. The Hall–Kier alpha value is -4.34. The summed E-state index contributed by atoms with van der Waals surface area (Å²) >= 11 is 0. The van der Waals surface area contributed by atoms with Gasteiger partial charge in [0.2, 0.25) is 0 Å². The molecule has 0 bridgehead atoms. The van der Waals surface area contributed by atoms with Gasteiger partial charge in [0, 0.05) is 12.1 Å². The second-order valence-electron chi connectivity index (χ2n) is 8.82. The maximum atomic E-state index is 13.1. The number of hydrogen-bond donors (Lipinski definition) is 1. The van der Waals surface area contributed by atoms with Gasteiger partial charge in [-0.3, -0.25) is 0 Å². The Morgan fingerprint density at radius 2 is 1.65 bits per heavy atom. The number of alkyl halides is 3. The van der Waals surface area contributed by atoms with E-state index in [9.17, 15) is 13.2 Å². The summed E-state index contributed by atoms with van der Waals surface area (Å²) in [6.07, 6.45) is -1.94. The molecule has 37 heavy (non-hydrogen) atoms. The first-order chi connectivity index (χ1) is 17.7. The monoisotopic (exact) mass is 503 g/mol. The quantitative estimate of drug-likeness (QED) is 0.318. The molecule has 0 fully saturated rings. The van der Waals surface area contributed by atoms with Crippen LogP contribution >= 0.6 is 0 Å². The predicted octanol–water partition coefficient (Wildman–Crippen LogP) is 5.78. The number of aromatic nitrogens is 7. The van der Waals surface area contributed by atoms with Gasteiger partial charge in [0.15, 0.2) is 11.5 Å². The lowest BCUT2D eigenvalue weighted by Crippen LogP contribution is -2.06. The summed E-state index contributed by atoms with van der Waals surface area (Å²) in [6.45, 7) is 6.69. The molecule has 3 aromatic heterocycles. The summed E-state index contributed by atoms with van der Waals surface area (Å²) in [7, 11) is 0. The first kappa shape index (κ1) is 24.4. The van der Waals surface area contributed by atoms with E-state index in [1.807, 2.05) is 44.2 Å². The zero-order chi connectivity index (χ0) is 26.2. The van der Waals surface area contributed by atoms with Crippen molar-refractivity contribution in [2.75, 3.05) is 0 Å². The fraction of sp³-hybridized carbons (Fsp3) is 0.222. The van der Waals surface area contributed by atoms with Gasteiger partial charge in [-0.15, -0.1) is 10.2 Å². The highest BCUT2D eigenvalue weighted by Gasteiger charge is 2.30. The van der Waals surface area contributed by atoms with Gasteiger partial charge in [-0.2, -0.15) is 18.4 Å². The molecular formula is C27H24F3N7. The molecule has 0 spiro atoms. The second kappa shape index (κ2) is 9.61. The number of nitrogens with zero attached hydrogens (tertiary/aromatic N) is 6. The highest BCUT2D eigenvalue weighted by atomic mass is 19.4. The normalized spacial score (nSPS) is 12.4. The Morgan fingerprint density at radius 3 is 2.24 bits per heavy atom. The van der Waals surface area contributed by atoms with Crippen molar-refractivity contribution in [3.8, 4) is 0 Å². The van der Waals surface area contributed by atoms with Gasteiger partial charge < -0.3 is 4.57 Å². The molecule has 7 nitrogen and oxygen atoms in total. The number of rotatable bonds is 6. The SMILES string of the molecule is CCc1nc2c(C)cc(C)nc2n1Cc1ccc(/C(=C/c2nn[nH]n2)c2ccc(C(F)(F)F)cc2)cc1. The third-order valence-electron chi connectivity index (χ3n) is 6.18. The van der Waals surface area contributed by atoms with Crippen LogP contribution in [-0.4, -0.2) is 35.2 Å². The zero-order valence-electron chi connectivity index (χ0n) is 20.5. The molecular weight excluding hydrogens is 479 g/mol. The average molecular weight is 504 g/mol. The number of aromatic amines is 1. The molecule has 0 radical (unpaired) electrons. The first-order valence-corrected chi connectivity index (χ1v) is 11.8. The van der Waals surface area contributed by atoms with Gasteiger partial charge in [0.05, 0.1) is 12.1 Å². The van der Waals surface area contributed by atoms with E-state index in [-0.39, 0.29) is 0 Å². The van der Waals surface area contributed by atoms with Crippen LogP contribution in [0.5, 0.6) is 0 Å². The lowest BCUT2D eigenvalue weighted by Gasteiger charge is -2.12. The lowest BCUT2D eigenvalue weighted by atomic mass is 9.95. The summed E-state index contributed by atoms with van der Waals surface area (Å²) < 4.78 is 41.4. The molecule has 2 aromatic carbocycles. The van der Waals surface area contributed by atoms with Gasteiger partial charge in [0.1, 0.15) is 11.3 Å². The fourth-order valence-electron chi connectivity index (χ4n) is 4.39. The Labute approximate surface area is 211 Å². The van der Waals surface area contributed by atoms with E-state index in [1.54, 1.807) is 6.08 Å². The van der Waals surface area contributed by atoms with Crippen molar-refractivity contribution in [3.05, 3.63) is 99.8 Å². The number of aryl methyl sites for hydroxylation is 3. The molecule has 0 atom stereocenters. The summed E-state index contributed by atoms with van der Waals surface area (Å²) in [6, 6.07) is 14.9. The number of hydrogen-bond acceptors (Lipinski definition) is 5. The van der Waals surface area contributed by atoms with Crippen molar-refractivity contribution >= 4 is 22.8 Å². The Kier molecular flexibility index (Phi) is 6.32. The number of halogens is 3. The largest absolute Gasteiger partial charge is 0.416 e. The third kappa shape index (κ3) is 5.00. The second-order valence-corrected chi connectivity index (χ2v) is 8.82. The van der Waals surface area contributed by atoms with E-state index in [2.05, 4.69) is 32.1 Å². The van der Waals surface area contributed by atoms with Crippen LogP contribution in [0.2, 0.25) is 0 Å². The third-order valence-corrected chi connectivity index (χ3v) is 6.18. The van der Waals surface area contributed by atoms with Gasteiger partial charge in [-0.25, -0.2) is 9.97 Å². The van der Waals surface area contributed by atoms with Crippen molar-refractivity contribution in [2.24, 2.45) is 0 Å². The van der Waals surface area contributed by atoms with Crippen LogP contribution in [0, 0.1) is 13.8 Å². The van der Waals surface area contributed by atoms with E-state index < -0.39 is 11.7 Å². The summed E-state index contributed by atoms with van der Waals surface area (Å²) in [5.74, 6) is 1.29. The summed E-state index contributed by atoms with van der Waals surface area (Å²) in [4.78, 5) is 9.55. The fourth-order valence-corrected chi connectivity index (χ4v) is 4.39. The average Bonchev–Trinajstić information content (AvgIpc) is 3.51. The molecule has 3 heterocycles. The molecule has 0 saturated heterocycles. The number of H-pyrrole nitrogens is 1. The molecule has 10 heteroatoms. The van der Waals surface area contributed by atoms with Crippen LogP contribution in [0.1, 0.15) is 52.1 Å². The van der Waals surface area contributed by atoms with Gasteiger partial charge >= 0.3 is 6.18 Å². The Bertz CT molecular complexity index is 1560. The Balaban J connectivity index is 1.50. The minimum atomic E-state index is -4.40. The number of benzene rings is 2. The highest BCUT2D eigenvalue weighted by Crippen LogP contribution is 2.32. The molecule has 5 rings (SSSR count). The standard InChI is InChI=1S/C27H24F3N7/c1-4-24-32-25-16(2)13-17(3)31-26(25)37(24)15-18-5-7-19(8-6-18)22(14-23-33-35-36-34-23)20-9-11-21(12-10-20)27(28,29)30/h5-14H,4,15H2,1-3H3,(H,33,34,35,36)/b22-14-. The summed E-state index contributed by atoms with van der Waals surface area (Å²) in [5.41, 5.74) is 6.24. The van der Waals surface area contributed by atoms with Crippen LogP contribution < -0.4 is 0 Å². The van der Waals surface area contributed by atoms with E-state index in [0.29, 0.717) is 23.5 Å². The van der Waals surface area contributed by atoms with Crippen LogP contribution in [0.15, 0.2) is 54.6 Å². The van der Waals surface area contributed by atoms with Crippen molar-refractivity contribution in [2.45, 2.75) is 39.9 Å². The number of tetrazole rings is 1. The molecule has 0 saturated carbocycles. The van der Waals surface area contributed by atoms with Crippen LogP contribution in [0.25, 0.3) is 22.8 Å². The molecule has 1 N–H and O–H groups in total. The number of fused-ring (bicyclic) bond motifs is 1. The van der Waals surface area contributed by atoms with Gasteiger partial charge in [0.25, 0.3) is 0 Å². The molecule has 188 valence electrons. The topological polar surface area (TPSA) is 85.2 Å². The van der Waals surface area contributed by atoms with Crippen LogP contribution in [-0.2, 0) is 19.1 Å². The highest BCUT2D eigenvalue weighted by molar-refractivity contribution is 5.90. The minimum absolute atomic E-state index is 0.327. The zero-order valence-corrected chi connectivity index (χ0v) is 20.5. The van der Waals surface area contributed by atoms with E-state index >= 15 is 0 Å². The van der Waals surface area contributed by atoms with Crippen LogP contribution in [0.4, 0.5) is 13.2 Å². The van der Waals surface area contributed by atoms with E-state index in [4.69, 9.17) is 9.97 Å². The molecule has 0 aliphatic heterocycles. The summed E-state index contributed by atoms with van der Waals surface area (Å²) in [5, 5.41) is 13.9. The molecule has 0 unspecified atom stereocenters. The maximum absolute atomic E-state index is 13.1. The lowest BCUT2D eigenvalue weighted by molar-refractivity contribution is -0.137. The maximum Gasteiger partial charge on any atom is 0.416 e. The number of imidazole rings is 1. The number of pyridine rings is 1. The van der Waals surface area contributed by atoms with E-state index in [0.717, 1.165) is 57.9 Å².